The van der Waals surface area contributed by atoms with Crippen LogP contribution < -0.4 is 0 Å². The number of piperidine rings is 1. The van der Waals surface area contributed by atoms with E-state index in [2.05, 4.69) is 0 Å². The zero-order valence-electron chi connectivity index (χ0n) is 10.0. The number of halogens is 2. The Labute approximate surface area is 118 Å². The average molecular weight is 308 g/mol. The van der Waals surface area contributed by atoms with Crippen LogP contribution in [0.3, 0.4) is 0 Å². The fourth-order valence-electron chi connectivity index (χ4n) is 1.97. The van der Waals surface area contributed by atoms with E-state index in [0.717, 1.165) is 6.42 Å². The van der Waals surface area contributed by atoms with E-state index in [-0.39, 0.29) is 10.3 Å². The first-order chi connectivity index (χ1) is 8.41. The number of sulfonamides is 1. The molecule has 0 bridgehead atoms. The predicted molar refractivity (Wildman–Crippen MR) is 73.6 cm³/mol. The van der Waals surface area contributed by atoms with Crippen LogP contribution in [-0.2, 0) is 10.0 Å². The first-order valence-electron chi connectivity index (χ1n) is 5.81. The lowest BCUT2D eigenvalue weighted by Crippen LogP contribution is -2.43. The van der Waals surface area contributed by atoms with E-state index in [9.17, 15) is 8.42 Å². The van der Waals surface area contributed by atoms with Crippen molar-refractivity contribution in [2.75, 3.05) is 13.1 Å². The van der Waals surface area contributed by atoms with Gasteiger partial charge in [0.1, 0.15) is 0 Å². The molecule has 2 unspecified atom stereocenters. The van der Waals surface area contributed by atoms with Crippen molar-refractivity contribution in [1.29, 1.82) is 0 Å². The van der Waals surface area contributed by atoms with E-state index in [4.69, 9.17) is 23.2 Å². The van der Waals surface area contributed by atoms with Gasteiger partial charge < -0.3 is 0 Å². The highest BCUT2D eigenvalue weighted by atomic mass is 35.5. The molecular formula is C12H15Cl2NO2S. The molecular weight excluding hydrogens is 293 g/mol. The molecule has 1 aliphatic heterocycles. The summed E-state index contributed by atoms with van der Waals surface area (Å²) in [7, 11) is -3.44. The lowest BCUT2D eigenvalue weighted by Gasteiger charge is -2.33. The van der Waals surface area contributed by atoms with Gasteiger partial charge in [0.15, 0.2) is 0 Å². The van der Waals surface area contributed by atoms with Gasteiger partial charge in [0.2, 0.25) is 10.0 Å². The monoisotopic (exact) mass is 307 g/mol. The molecule has 100 valence electrons. The van der Waals surface area contributed by atoms with Gasteiger partial charge in [0.05, 0.1) is 4.90 Å². The van der Waals surface area contributed by atoms with Crippen LogP contribution in [0.4, 0.5) is 0 Å². The van der Waals surface area contributed by atoms with Crippen LogP contribution in [0.15, 0.2) is 29.2 Å². The second-order valence-electron chi connectivity index (χ2n) is 4.60. The maximum absolute atomic E-state index is 12.4. The van der Waals surface area contributed by atoms with Gasteiger partial charge in [0.25, 0.3) is 0 Å². The van der Waals surface area contributed by atoms with Crippen LogP contribution in [0.25, 0.3) is 0 Å². The molecule has 0 aromatic heterocycles. The van der Waals surface area contributed by atoms with Gasteiger partial charge in [-0.3, -0.25) is 0 Å². The quantitative estimate of drug-likeness (QED) is 0.788. The Kier molecular flexibility index (Phi) is 4.22. The Morgan fingerprint density at radius 3 is 2.44 bits per heavy atom. The van der Waals surface area contributed by atoms with Crippen molar-refractivity contribution in [2.45, 2.75) is 23.6 Å². The van der Waals surface area contributed by atoms with Crippen molar-refractivity contribution in [1.82, 2.24) is 4.31 Å². The fourth-order valence-corrected chi connectivity index (χ4v) is 3.95. The molecule has 2 atom stereocenters. The summed E-state index contributed by atoms with van der Waals surface area (Å²) in [6.45, 7) is 2.94. The number of benzene rings is 1. The summed E-state index contributed by atoms with van der Waals surface area (Å²) in [4.78, 5) is 0.269. The SMILES string of the molecule is CC1CCN(S(=O)(=O)c2ccc(Cl)cc2)CC1Cl. The number of alkyl halides is 1. The highest BCUT2D eigenvalue weighted by Crippen LogP contribution is 2.27. The smallest absolute Gasteiger partial charge is 0.207 e. The van der Waals surface area contributed by atoms with Gasteiger partial charge in [-0.25, -0.2) is 8.42 Å². The Hall–Kier alpha value is -0.290. The van der Waals surface area contributed by atoms with Gasteiger partial charge >= 0.3 is 0 Å². The summed E-state index contributed by atoms with van der Waals surface area (Å²) in [5.41, 5.74) is 0. The van der Waals surface area contributed by atoms with E-state index in [0.29, 0.717) is 24.0 Å². The van der Waals surface area contributed by atoms with Crippen molar-refractivity contribution in [2.24, 2.45) is 5.92 Å². The Morgan fingerprint density at radius 2 is 1.89 bits per heavy atom. The van der Waals surface area contributed by atoms with Crippen LogP contribution in [0.2, 0.25) is 5.02 Å². The van der Waals surface area contributed by atoms with Crippen molar-refractivity contribution >= 4 is 33.2 Å². The molecule has 0 aliphatic carbocycles. The van der Waals surface area contributed by atoms with E-state index in [1.54, 1.807) is 12.1 Å². The summed E-state index contributed by atoms with van der Waals surface area (Å²) in [5.74, 6) is 0.350. The first kappa shape index (κ1) is 14.1. The zero-order chi connectivity index (χ0) is 13.3. The molecule has 1 aromatic rings. The van der Waals surface area contributed by atoms with E-state index in [1.807, 2.05) is 6.92 Å². The van der Waals surface area contributed by atoms with E-state index in [1.165, 1.54) is 16.4 Å². The predicted octanol–water partition coefficient (Wildman–Crippen LogP) is 2.98. The van der Waals surface area contributed by atoms with Gasteiger partial charge in [0, 0.05) is 23.5 Å². The first-order valence-corrected chi connectivity index (χ1v) is 8.06. The lowest BCUT2D eigenvalue weighted by atomic mass is 10.0. The number of nitrogens with zero attached hydrogens (tertiary/aromatic N) is 1. The van der Waals surface area contributed by atoms with E-state index < -0.39 is 10.0 Å². The molecule has 3 nitrogen and oxygen atoms in total. The second kappa shape index (κ2) is 5.37. The highest BCUT2D eigenvalue weighted by Gasteiger charge is 2.32. The molecule has 1 heterocycles. The van der Waals surface area contributed by atoms with Crippen molar-refractivity contribution < 1.29 is 8.42 Å². The summed E-state index contributed by atoms with van der Waals surface area (Å²) in [6.07, 6.45) is 0.793. The molecule has 1 fully saturated rings. The molecule has 18 heavy (non-hydrogen) atoms. The summed E-state index contributed by atoms with van der Waals surface area (Å²) in [5, 5.41) is 0.400. The average Bonchev–Trinajstić information content (AvgIpc) is 2.33. The van der Waals surface area contributed by atoms with Crippen LogP contribution in [-0.4, -0.2) is 31.2 Å². The Bertz CT molecular complexity index is 515. The Balaban J connectivity index is 2.24. The van der Waals surface area contributed by atoms with Crippen LogP contribution in [0, 0.1) is 5.92 Å². The largest absolute Gasteiger partial charge is 0.243 e. The van der Waals surface area contributed by atoms with Crippen molar-refractivity contribution in [3.05, 3.63) is 29.3 Å². The minimum atomic E-state index is -3.44. The molecule has 0 spiro atoms. The van der Waals surface area contributed by atoms with Crippen LogP contribution in [0.1, 0.15) is 13.3 Å². The maximum atomic E-state index is 12.4. The second-order valence-corrected chi connectivity index (χ2v) is 7.53. The standard InChI is InChI=1S/C12H15Cl2NO2S/c1-9-6-7-15(8-12(9)14)18(16,17)11-4-2-10(13)3-5-11/h2-5,9,12H,6-8H2,1H3. The molecule has 2 rings (SSSR count). The molecule has 0 N–H and O–H groups in total. The molecule has 0 amide bonds. The van der Waals surface area contributed by atoms with Crippen molar-refractivity contribution in [3.63, 3.8) is 0 Å². The van der Waals surface area contributed by atoms with E-state index >= 15 is 0 Å². The lowest BCUT2D eigenvalue weighted by molar-refractivity contribution is 0.293. The summed E-state index contributed by atoms with van der Waals surface area (Å²) < 4.78 is 26.2. The summed E-state index contributed by atoms with van der Waals surface area (Å²) in [6, 6.07) is 6.22. The molecule has 0 saturated carbocycles. The molecule has 0 radical (unpaired) electrons. The fraction of sp³-hybridized carbons (Fsp3) is 0.500. The minimum absolute atomic E-state index is 0.124. The third kappa shape index (κ3) is 2.82. The third-order valence-corrected chi connectivity index (χ3v) is 5.98. The number of rotatable bonds is 2. The highest BCUT2D eigenvalue weighted by molar-refractivity contribution is 7.89. The third-order valence-electron chi connectivity index (χ3n) is 3.28. The van der Waals surface area contributed by atoms with Crippen molar-refractivity contribution in [3.8, 4) is 0 Å². The Morgan fingerprint density at radius 1 is 1.28 bits per heavy atom. The normalized spacial score (nSPS) is 26.2. The molecule has 1 aliphatic rings. The number of hydrogen-bond donors (Lipinski definition) is 0. The maximum Gasteiger partial charge on any atom is 0.243 e. The topological polar surface area (TPSA) is 37.4 Å². The van der Waals surface area contributed by atoms with Gasteiger partial charge in [-0.1, -0.05) is 18.5 Å². The zero-order valence-corrected chi connectivity index (χ0v) is 12.3. The minimum Gasteiger partial charge on any atom is -0.207 e. The molecule has 6 heteroatoms. The van der Waals surface area contributed by atoms with Crippen LogP contribution >= 0.6 is 23.2 Å². The van der Waals surface area contributed by atoms with Gasteiger partial charge in [-0.15, -0.1) is 11.6 Å². The van der Waals surface area contributed by atoms with Gasteiger partial charge in [-0.2, -0.15) is 4.31 Å². The molecule has 1 aromatic carbocycles. The van der Waals surface area contributed by atoms with Gasteiger partial charge in [-0.05, 0) is 36.6 Å². The molecule has 1 saturated heterocycles. The van der Waals surface area contributed by atoms with Crippen LogP contribution in [0.5, 0.6) is 0 Å². The summed E-state index contributed by atoms with van der Waals surface area (Å²) >= 11 is 11.9. The number of hydrogen-bond acceptors (Lipinski definition) is 2.